The van der Waals surface area contributed by atoms with E-state index in [-0.39, 0.29) is 18.8 Å². The van der Waals surface area contributed by atoms with Crippen LogP contribution in [0.2, 0.25) is 0 Å². The van der Waals surface area contributed by atoms with E-state index < -0.39 is 12.5 Å². The first kappa shape index (κ1) is 26.8. The molecule has 1 rings (SSSR count). The maximum absolute atomic E-state index is 13.5. The van der Waals surface area contributed by atoms with Crippen molar-refractivity contribution in [1.82, 2.24) is 4.90 Å². The van der Waals surface area contributed by atoms with Crippen molar-refractivity contribution in [2.45, 2.75) is 33.1 Å². The van der Waals surface area contributed by atoms with Crippen molar-refractivity contribution < 1.29 is 18.3 Å². The Labute approximate surface area is 161 Å². The van der Waals surface area contributed by atoms with E-state index in [4.69, 9.17) is 15.3 Å². The van der Waals surface area contributed by atoms with Gasteiger partial charge in [-0.05, 0) is 37.5 Å². The molecule has 0 aliphatic rings. The first-order chi connectivity index (χ1) is 13.0. The number of benzene rings is 1. The smallest absolute Gasteiger partial charge is 0.190 e. The lowest BCUT2D eigenvalue weighted by molar-refractivity contribution is -0.0979. The van der Waals surface area contributed by atoms with Crippen molar-refractivity contribution in [3.8, 4) is 5.75 Å². The number of halogens is 2. The van der Waals surface area contributed by atoms with Gasteiger partial charge >= 0.3 is 0 Å². The maximum atomic E-state index is 13.5. The van der Waals surface area contributed by atoms with Crippen LogP contribution in [0.25, 0.3) is 0 Å². The molecule has 2 N–H and O–H groups in total. The summed E-state index contributed by atoms with van der Waals surface area (Å²) in [4.78, 5) is 13.9. The van der Waals surface area contributed by atoms with E-state index in [1.54, 1.807) is 17.0 Å². The van der Waals surface area contributed by atoms with Crippen LogP contribution in [0, 0.1) is 5.82 Å². The van der Waals surface area contributed by atoms with Gasteiger partial charge < -0.3 is 20.2 Å². The molecular formula is C20H33F2N3O2. The molecule has 27 heavy (non-hydrogen) atoms. The van der Waals surface area contributed by atoms with Crippen LogP contribution in [0.4, 0.5) is 8.78 Å². The highest BCUT2D eigenvalue weighted by Gasteiger charge is 2.05. The minimum Gasteiger partial charge on any atom is -0.490 e. The quantitative estimate of drug-likeness (QED) is 0.320. The van der Waals surface area contributed by atoms with Crippen molar-refractivity contribution in [1.29, 1.82) is 0 Å². The van der Waals surface area contributed by atoms with Crippen LogP contribution in [0.15, 0.2) is 35.3 Å². The second-order valence-electron chi connectivity index (χ2n) is 5.52. The number of rotatable bonds is 8. The van der Waals surface area contributed by atoms with Gasteiger partial charge in [0.1, 0.15) is 6.79 Å². The topological polar surface area (TPSA) is 67.9 Å². The van der Waals surface area contributed by atoms with Gasteiger partial charge in [-0.1, -0.05) is 25.1 Å². The van der Waals surface area contributed by atoms with E-state index >= 15 is 0 Å². The largest absolute Gasteiger partial charge is 0.490 e. The van der Waals surface area contributed by atoms with Crippen LogP contribution in [0.1, 0.15) is 32.3 Å². The van der Waals surface area contributed by atoms with Gasteiger partial charge in [-0.3, -0.25) is 9.38 Å². The van der Waals surface area contributed by atoms with Gasteiger partial charge in [-0.15, -0.1) is 0 Å². The monoisotopic (exact) mass is 385 g/mol. The van der Waals surface area contributed by atoms with E-state index in [2.05, 4.69) is 24.1 Å². The zero-order chi connectivity index (χ0) is 21.1. The van der Waals surface area contributed by atoms with Crippen molar-refractivity contribution in [2.75, 3.05) is 33.9 Å². The number of aliphatic imine (C=N–C) groups is 1. The molecule has 1 aromatic carbocycles. The van der Waals surface area contributed by atoms with Crippen LogP contribution in [-0.4, -0.2) is 51.6 Å². The molecule has 0 spiro atoms. The number of allylic oxidation sites excluding steroid dienone is 2. The molecule has 0 atom stereocenters. The van der Waals surface area contributed by atoms with E-state index in [0.717, 1.165) is 12.0 Å². The molecule has 0 unspecified atom stereocenters. The van der Waals surface area contributed by atoms with Gasteiger partial charge in [0, 0.05) is 27.1 Å². The molecule has 0 heterocycles. The third-order valence-corrected chi connectivity index (χ3v) is 3.14. The summed E-state index contributed by atoms with van der Waals surface area (Å²) < 4.78 is 30.7. The first-order valence-corrected chi connectivity index (χ1v) is 8.80. The summed E-state index contributed by atoms with van der Waals surface area (Å²) in [5, 5.41) is 0. The molecule has 7 heteroatoms. The van der Waals surface area contributed by atoms with Crippen LogP contribution in [0.5, 0.6) is 5.75 Å². The Balaban J connectivity index is 0. The molecule has 0 saturated carbocycles. The fraction of sp³-hybridized carbons (Fsp3) is 0.500. The number of nitrogens with two attached hydrogens (primary N) is 1. The Bertz CT molecular complexity index is 550. The number of nitrogens with zero attached hydrogens (tertiary/aromatic N) is 2. The molecular weight excluding hydrogens is 352 g/mol. The van der Waals surface area contributed by atoms with Crippen LogP contribution >= 0.6 is 0 Å². The normalized spacial score (nSPS) is 10.5. The predicted molar refractivity (Wildman–Crippen MR) is 109 cm³/mol. The van der Waals surface area contributed by atoms with Crippen LogP contribution < -0.4 is 10.5 Å². The SMILES string of the molecule is C/C=C\CC.C=O.CN(C)C(N)=NCCc1ccc(F)c(OCCCF)c1. The molecule has 0 aromatic heterocycles. The zero-order valence-corrected chi connectivity index (χ0v) is 16.9. The second kappa shape index (κ2) is 18.4. The van der Waals surface area contributed by atoms with Gasteiger partial charge in [-0.25, -0.2) is 4.39 Å². The summed E-state index contributed by atoms with van der Waals surface area (Å²) >= 11 is 0. The summed E-state index contributed by atoms with van der Waals surface area (Å²) in [6, 6.07) is 4.65. The fourth-order valence-electron chi connectivity index (χ4n) is 1.73. The Morgan fingerprint density at radius 3 is 2.52 bits per heavy atom. The molecule has 0 radical (unpaired) electrons. The third-order valence-electron chi connectivity index (χ3n) is 3.14. The Morgan fingerprint density at radius 2 is 2.04 bits per heavy atom. The molecule has 0 saturated heterocycles. The number of carbonyl (C=O) groups excluding carboxylic acids is 1. The lowest BCUT2D eigenvalue weighted by Gasteiger charge is -2.11. The van der Waals surface area contributed by atoms with Crippen molar-refractivity contribution >= 4 is 12.7 Å². The van der Waals surface area contributed by atoms with Gasteiger partial charge in [-0.2, -0.15) is 0 Å². The summed E-state index contributed by atoms with van der Waals surface area (Å²) in [5.74, 6) is 0.163. The summed E-state index contributed by atoms with van der Waals surface area (Å²) in [6.07, 6.45) is 6.23. The Hall–Kier alpha value is -2.44. The fourth-order valence-corrected chi connectivity index (χ4v) is 1.73. The third kappa shape index (κ3) is 14.4. The molecule has 0 amide bonds. The van der Waals surface area contributed by atoms with Crippen LogP contribution in [0.3, 0.4) is 0 Å². The number of guanidine groups is 1. The molecule has 0 fully saturated rings. The van der Waals surface area contributed by atoms with E-state index in [1.165, 1.54) is 6.07 Å². The van der Waals surface area contributed by atoms with Crippen molar-refractivity contribution in [3.63, 3.8) is 0 Å². The first-order valence-electron chi connectivity index (χ1n) is 8.80. The number of ether oxygens (including phenoxy) is 1. The molecule has 0 bridgehead atoms. The summed E-state index contributed by atoms with van der Waals surface area (Å²) in [5.41, 5.74) is 6.57. The minimum atomic E-state index is -0.472. The molecule has 0 aliphatic heterocycles. The number of carbonyl (C=O) groups is 1. The number of hydrogen-bond acceptors (Lipinski definition) is 3. The van der Waals surface area contributed by atoms with Crippen molar-refractivity contribution in [2.24, 2.45) is 10.7 Å². The van der Waals surface area contributed by atoms with Gasteiger partial charge in [0.05, 0.1) is 13.3 Å². The lowest BCUT2D eigenvalue weighted by Crippen LogP contribution is -2.30. The molecule has 154 valence electrons. The van der Waals surface area contributed by atoms with Gasteiger partial charge in [0.25, 0.3) is 0 Å². The van der Waals surface area contributed by atoms with E-state index in [0.29, 0.717) is 18.9 Å². The number of alkyl halides is 1. The standard InChI is InChI=1S/C14H21F2N3O.C5H10.CH2O/c1-19(2)14(17)18-8-6-11-4-5-12(16)13(10-11)20-9-3-7-15;1-3-5-4-2;1-2/h4-5,10H,3,6-9H2,1-2H3,(H2,17,18);3,5H,4H2,1-2H3;1H2/b;5-3-;. The predicted octanol–water partition coefficient (Wildman–Crippen LogP) is 3.77. The molecule has 5 nitrogen and oxygen atoms in total. The average molecular weight is 385 g/mol. The van der Waals surface area contributed by atoms with Crippen molar-refractivity contribution in [3.05, 3.63) is 41.7 Å². The minimum absolute atomic E-state index is 0.153. The lowest BCUT2D eigenvalue weighted by atomic mass is 10.1. The second-order valence-corrected chi connectivity index (χ2v) is 5.52. The van der Waals surface area contributed by atoms with Gasteiger partial charge in [0.2, 0.25) is 0 Å². The van der Waals surface area contributed by atoms with Crippen LogP contribution in [-0.2, 0) is 11.2 Å². The highest BCUT2D eigenvalue weighted by molar-refractivity contribution is 5.77. The average Bonchev–Trinajstić information content (AvgIpc) is 2.67. The Kier molecular flexibility index (Phi) is 18.2. The maximum Gasteiger partial charge on any atom is 0.190 e. The van der Waals surface area contributed by atoms with Gasteiger partial charge in [0.15, 0.2) is 17.5 Å². The zero-order valence-electron chi connectivity index (χ0n) is 16.9. The summed E-state index contributed by atoms with van der Waals surface area (Å²) in [7, 11) is 3.63. The van der Waals surface area contributed by atoms with E-state index in [9.17, 15) is 8.78 Å². The van der Waals surface area contributed by atoms with E-state index in [1.807, 2.05) is 27.8 Å². The molecule has 0 aliphatic carbocycles. The number of hydrogen-bond donors (Lipinski definition) is 1. The summed E-state index contributed by atoms with van der Waals surface area (Å²) in [6.45, 7) is 6.37. The molecule has 1 aromatic rings. The Morgan fingerprint density at radius 1 is 1.37 bits per heavy atom. The highest BCUT2D eigenvalue weighted by atomic mass is 19.1. The highest BCUT2D eigenvalue weighted by Crippen LogP contribution is 2.19.